The van der Waals surface area contributed by atoms with Crippen molar-refractivity contribution in [3.8, 4) is 0 Å². The van der Waals surface area contributed by atoms with E-state index in [-0.39, 0.29) is 0 Å². The topological polar surface area (TPSA) is 37.8 Å². The summed E-state index contributed by atoms with van der Waals surface area (Å²) in [6, 6.07) is 2.65. The van der Waals surface area contributed by atoms with Gasteiger partial charge in [-0.05, 0) is 38.5 Å². The number of aromatic nitrogens is 2. The van der Waals surface area contributed by atoms with E-state index >= 15 is 0 Å². The van der Waals surface area contributed by atoms with E-state index in [9.17, 15) is 0 Å². The highest BCUT2D eigenvalue weighted by Crippen LogP contribution is 2.26. The van der Waals surface area contributed by atoms with Gasteiger partial charge in [-0.3, -0.25) is 0 Å². The van der Waals surface area contributed by atoms with E-state index in [2.05, 4.69) is 42.1 Å². The second-order valence-corrected chi connectivity index (χ2v) is 6.01. The Morgan fingerprint density at radius 2 is 1.83 bits per heavy atom. The summed E-state index contributed by atoms with van der Waals surface area (Å²) in [6.45, 7) is 8.67. The molecule has 2 rings (SSSR count). The normalized spacial score (nSPS) is 24.3. The molecule has 1 aliphatic carbocycles. The van der Waals surface area contributed by atoms with Crippen LogP contribution in [0.2, 0.25) is 0 Å². The summed E-state index contributed by atoms with van der Waals surface area (Å²) < 4.78 is 0. The van der Waals surface area contributed by atoms with Gasteiger partial charge in [0.05, 0.1) is 0 Å². The molecule has 1 saturated carbocycles. The number of aryl methyl sites for hydroxylation is 1. The molecule has 0 aliphatic heterocycles. The van der Waals surface area contributed by atoms with Gasteiger partial charge in [0.25, 0.3) is 0 Å². The molecule has 1 aromatic rings. The summed E-state index contributed by atoms with van der Waals surface area (Å²) in [5, 5.41) is 3.59. The maximum atomic E-state index is 4.62. The van der Waals surface area contributed by atoms with E-state index in [4.69, 9.17) is 0 Å². The molecule has 1 aliphatic rings. The molecule has 100 valence electrons. The molecule has 0 unspecified atom stereocenters. The molecule has 1 N–H and O–H groups in total. The average molecular weight is 247 g/mol. The minimum Gasteiger partial charge on any atom is -0.367 e. The largest absolute Gasteiger partial charge is 0.367 e. The SMILES string of the molecule is Cc1cc(NC2CCC(C)CC2)nc(C(C)C)n1. The zero-order chi connectivity index (χ0) is 13.1. The van der Waals surface area contributed by atoms with Crippen molar-refractivity contribution < 1.29 is 0 Å². The van der Waals surface area contributed by atoms with Crippen LogP contribution in [0.3, 0.4) is 0 Å². The highest BCUT2D eigenvalue weighted by Gasteiger charge is 2.18. The van der Waals surface area contributed by atoms with E-state index in [1.54, 1.807) is 0 Å². The van der Waals surface area contributed by atoms with Crippen molar-refractivity contribution in [2.45, 2.75) is 65.3 Å². The minimum absolute atomic E-state index is 0.386. The van der Waals surface area contributed by atoms with Crippen molar-refractivity contribution in [1.29, 1.82) is 0 Å². The van der Waals surface area contributed by atoms with Crippen LogP contribution in [0, 0.1) is 12.8 Å². The van der Waals surface area contributed by atoms with Gasteiger partial charge in [-0.2, -0.15) is 0 Å². The molecule has 3 nitrogen and oxygen atoms in total. The van der Waals surface area contributed by atoms with Crippen LogP contribution in [0.1, 0.15) is 63.9 Å². The molecule has 0 amide bonds. The first-order chi connectivity index (χ1) is 8.54. The van der Waals surface area contributed by atoms with E-state index in [0.717, 1.165) is 23.3 Å². The average Bonchev–Trinajstić information content (AvgIpc) is 2.31. The van der Waals surface area contributed by atoms with Gasteiger partial charge in [0.1, 0.15) is 11.6 Å². The molecule has 0 aromatic carbocycles. The van der Waals surface area contributed by atoms with Crippen molar-refractivity contribution >= 4 is 5.82 Å². The van der Waals surface area contributed by atoms with Crippen molar-refractivity contribution in [1.82, 2.24) is 9.97 Å². The van der Waals surface area contributed by atoms with Crippen LogP contribution in [-0.2, 0) is 0 Å². The van der Waals surface area contributed by atoms with E-state index in [1.165, 1.54) is 25.7 Å². The van der Waals surface area contributed by atoms with Gasteiger partial charge in [-0.25, -0.2) is 9.97 Å². The summed E-state index contributed by atoms with van der Waals surface area (Å²) in [5.41, 5.74) is 1.06. The van der Waals surface area contributed by atoms with E-state index in [1.807, 2.05) is 6.92 Å². The summed E-state index contributed by atoms with van der Waals surface area (Å²) >= 11 is 0. The van der Waals surface area contributed by atoms with Crippen LogP contribution in [0.5, 0.6) is 0 Å². The first-order valence-corrected chi connectivity index (χ1v) is 7.16. The van der Waals surface area contributed by atoms with Crippen LogP contribution in [0.4, 0.5) is 5.82 Å². The predicted molar refractivity (Wildman–Crippen MR) is 75.9 cm³/mol. The molecule has 0 radical (unpaired) electrons. The van der Waals surface area contributed by atoms with Crippen molar-refractivity contribution in [3.05, 3.63) is 17.6 Å². The molecule has 18 heavy (non-hydrogen) atoms. The van der Waals surface area contributed by atoms with Gasteiger partial charge in [-0.15, -0.1) is 0 Å². The Labute approximate surface area is 110 Å². The third-order valence-electron chi connectivity index (χ3n) is 3.76. The molecular weight excluding hydrogens is 222 g/mol. The zero-order valence-electron chi connectivity index (χ0n) is 12.0. The molecule has 0 saturated heterocycles. The van der Waals surface area contributed by atoms with Gasteiger partial charge in [-0.1, -0.05) is 20.8 Å². The predicted octanol–water partition coefficient (Wildman–Crippen LogP) is 3.90. The fourth-order valence-corrected chi connectivity index (χ4v) is 2.54. The number of rotatable bonds is 3. The van der Waals surface area contributed by atoms with Crippen LogP contribution in [0.15, 0.2) is 6.07 Å². The maximum Gasteiger partial charge on any atom is 0.133 e. The van der Waals surface area contributed by atoms with E-state index in [0.29, 0.717) is 12.0 Å². The zero-order valence-corrected chi connectivity index (χ0v) is 12.0. The Morgan fingerprint density at radius 1 is 1.17 bits per heavy atom. The molecule has 1 aromatic heterocycles. The Kier molecular flexibility index (Phi) is 4.20. The van der Waals surface area contributed by atoms with Gasteiger partial charge < -0.3 is 5.32 Å². The Hall–Kier alpha value is -1.12. The monoisotopic (exact) mass is 247 g/mol. The summed E-state index contributed by atoms with van der Waals surface area (Å²) in [6.07, 6.45) is 5.19. The molecule has 0 bridgehead atoms. The Bertz CT molecular complexity index is 393. The molecule has 1 heterocycles. The number of hydrogen-bond acceptors (Lipinski definition) is 3. The van der Waals surface area contributed by atoms with Gasteiger partial charge in [0, 0.05) is 23.7 Å². The van der Waals surface area contributed by atoms with Crippen molar-refractivity contribution in [2.75, 3.05) is 5.32 Å². The molecular formula is C15H25N3. The second kappa shape index (κ2) is 5.68. The standard InChI is InChI=1S/C15H25N3/c1-10(2)15-16-12(4)9-14(18-15)17-13-7-5-11(3)6-8-13/h9-11,13H,5-8H2,1-4H3,(H,16,17,18). The third-order valence-corrected chi connectivity index (χ3v) is 3.76. The maximum absolute atomic E-state index is 4.62. The summed E-state index contributed by atoms with van der Waals surface area (Å²) in [7, 11) is 0. The van der Waals surface area contributed by atoms with Crippen LogP contribution in [-0.4, -0.2) is 16.0 Å². The smallest absolute Gasteiger partial charge is 0.133 e. The number of nitrogens with zero attached hydrogens (tertiary/aromatic N) is 2. The molecule has 3 heteroatoms. The van der Waals surface area contributed by atoms with Crippen molar-refractivity contribution in [3.63, 3.8) is 0 Å². The first-order valence-electron chi connectivity index (χ1n) is 7.16. The lowest BCUT2D eigenvalue weighted by atomic mass is 9.87. The van der Waals surface area contributed by atoms with Crippen LogP contribution < -0.4 is 5.32 Å². The third kappa shape index (κ3) is 3.44. The van der Waals surface area contributed by atoms with Gasteiger partial charge in [0.2, 0.25) is 0 Å². The highest BCUT2D eigenvalue weighted by molar-refractivity contribution is 5.37. The first kappa shape index (κ1) is 13.3. The highest BCUT2D eigenvalue weighted by atomic mass is 15.1. The summed E-state index contributed by atoms with van der Waals surface area (Å²) in [5.74, 6) is 3.23. The number of nitrogens with one attached hydrogen (secondary N) is 1. The van der Waals surface area contributed by atoms with Crippen molar-refractivity contribution in [2.24, 2.45) is 5.92 Å². The number of hydrogen-bond donors (Lipinski definition) is 1. The fourth-order valence-electron chi connectivity index (χ4n) is 2.54. The second-order valence-electron chi connectivity index (χ2n) is 6.01. The molecule has 1 fully saturated rings. The lowest BCUT2D eigenvalue weighted by molar-refractivity contribution is 0.360. The number of anilines is 1. The summed E-state index contributed by atoms with van der Waals surface area (Å²) in [4.78, 5) is 9.11. The van der Waals surface area contributed by atoms with Crippen LogP contribution in [0.25, 0.3) is 0 Å². The van der Waals surface area contributed by atoms with E-state index < -0.39 is 0 Å². The lowest BCUT2D eigenvalue weighted by Gasteiger charge is -2.27. The fraction of sp³-hybridized carbons (Fsp3) is 0.733. The minimum atomic E-state index is 0.386. The van der Waals surface area contributed by atoms with Crippen LogP contribution >= 0.6 is 0 Å². The molecule has 0 spiro atoms. The molecule has 0 atom stereocenters. The van der Waals surface area contributed by atoms with Gasteiger partial charge >= 0.3 is 0 Å². The Morgan fingerprint density at radius 3 is 2.44 bits per heavy atom. The quantitative estimate of drug-likeness (QED) is 0.880. The lowest BCUT2D eigenvalue weighted by Crippen LogP contribution is -2.26. The van der Waals surface area contributed by atoms with Gasteiger partial charge in [0.15, 0.2) is 0 Å². The Balaban J connectivity index is 2.04.